The standard InChI is InChI=1S/C24H22N4O3S/c1-4-15-6-5-7-16-18(11-26-21(15)16)22(30)17(10-25)19(29)8-9-28-12-27-23-20(24(28)31)13(2)14(3)32-23/h5-7,11-12,17,26H,4,8-9H2,1-3H3/t17-/m0/s1. The molecule has 1 N–H and O–H groups in total. The lowest BCUT2D eigenvalue weighted by atomic mass is 9.92. The van der Waals surface area contributed by atoms with Gasteiger partial charge in [-0.1, -0.05) is 25.1 Å². The third kappa shape index (κ3) is 3.55. The van der Waals surface area contributed by atoms with Gasteiger partial charge in [-0.05, 0) is 31.4 Å². The van der Waals surface area contributed by atoms with Crippen LogP contribution in [0.25, 0.3) is 21.1 Å². The van der Waals surface area contributed by atoms with E-state index in [2.05, 4.69) is 9.97 Å². The van der Waals surface area contributed by atoms with Crippen molar-refractivity contribution in [2.24, 2.45) is 5.92 Å². The Morgan fingerprint density at radius 2 is 2.09 bits per heavy atom. The maximum atomic E-state index is 13.0. The summed E-state index contributed by atoms with van der Waals surface area (Å²) in [5, 5.41) is 10.9. The summed E-state index contributed by atoms with van der Waals surface area (Å²) in [5.41, 5.74) is 2.91. The molecular formula is C24H22N4O3S. The van der Waals surface area contributed by atoms with Gasteiger partial charge < -0.3 is 4.98 Å². The van der Waals surface area contributed by atoms with Crippen LogP contribution in [-0.4, -0.2) is 26.1 Å². The average molecular weight is 447 g/mol. The summed E-state index contributed by atoms with van der Waals surface area (Å²) < 4.78 is 1.37. The number of carbonyl (C=O) groups is 2. The number of fused-ring (bicyclic) bond motifs is 2. The lowest BCUT2D eigenvalue weighted by molar-refractivity contribution is -0.120. The van der Waals surface area contributed by atoms with Gasteiger partial charge in [-0.2, -0.15) is 5.26 Å². The van der Waals surface area contributed by atoms with Gasteiger partial charge in [-0.3, -0.25) is 19.0 Å². The molecule has 4 aromatic rings. The van der Waals surface area contributed by atoms with Crippen molar-refractivity contribution < 1.29 is 9.59 Å². The minimum atomic E-state index is -1.42. The Morgan fingerprint density at radius 1 is 1.31 bits per heavy atom. The summed E-state index contributed by atoms with van der Waals surface area (Å²) in [5.74, 6) is -2.46. The number of aryl methyl sites for hydroxylation is 4. The Bertz CT molecular complexity index is 1470. The Kier molecular flexibility index (Phi) is 5.76. The van der Waals surface area contributed by atoms with E-state index < -0.39 is 17.5 Å². The van der Waals surface area contributed by atoms with Gasteiger partial charge in [0.15, 0.2) is 17.5 Å². The molecule has 0 saturated heterocycles. The number of Topliss-reactive ketones (excluding diaryl/α,β-unsaturated/α-hetero) is 2. The van der Waals surface area contributed by atoms with Crippen molar-refractivity contribution in [1.29, 1.82) is 5.26 Å². The van der Waals surface area contributed by atoms with Crippen LogP contribution in [0.1, 0.15) is 39.7 Å². The van der Waals surface area contributed by atoms with E-state index in [0.717, 1.165) is 27.9 Å². The summed E-state index contributed by atoms with van der Waals surface area (Å²) in [6.07, 6.45) is 3.67. The average Bonchev–Trinajstić information content (AvgIpc) is 3.34. The second kappa shape index (κ2) is 8.52. The minimum absolute atomic E-state index is 0.0638. The number of nitrogens with zero attached hydrogens (tertiary/aromatic N) is 3. The number of thiophene rings is 1. The highest BCUT2D eigenvalue weighted by molar-refractivity contribution is 7.18. The van der Waals surface area contributed by atoms with E-state index >= 15 is 0 Å². The van der Waals surface area contributed by atoms with E-state index in [0.29, 0.717) is 21.2 Å². The Morgan fingerprint density at radius 3 is 2.81 bits per heavy atom. The first-order valence-electron chi connectivity index (χ1n) is 10.4. The number of rotatable bonds is 7. The molecule has 1 aromatic carbocycles. The summed E-state index contributed by atoms with van der Waals surface area (Å²) in [6.45, 7) is 5.90. The molecule has 0 amide bonds. The van der Waals surface area contributed by atoms with Gasteiger partial charge in [0, 0.05) is 40.5 Å². The van der Waals surface area contributed by atoms with Gasteiger partial charge in [-0.15, -0.1) is 11.3 Å². The zero-order chi connectivity index (χ0) is 23.0. The molecule has 0 aliphatic rings. The maximum Gasteiger partial charge on any atom is 0.262 e. The van der Waals surface area contributed by atoms with E-state index in [1.54, 1.807) is 6.20 Å². The quantitative estimate of drug-likeness (QED) is 0.340. The third-order valence-corrected chi connectivity index (χ3v) is 7.03. The predicted octanol–water partition coefficient (Wildman–Crippen LogP) is 4.10. The number of carbonyl (C=O) groups excluding carboxylic acids is 2. The molecule has 162 valence electrons. The lowest BCUT2D eigenvalue weighted by Crippen LogP contribution is -2.27. The Hall–Kier alpha value is -3.57. The minimum Gasteiger partial charge on any atom is -0.360 e. The molecule has 3 heterocycles. The van der Waals surface area contributed by atoms with Crippen LogP contribution in [0.2, 0.25) is 0 Å². The van der Waals surface area contributed by atoms with Crippen LogP contribution in [0.5, 0.6) is 0 Å². The first kappa shape index (κ1) is 21.7. The van der Waals surface area contributed by atoms with Crippen LogP contribution >= 0.6 is 11.3 Å². The molecule has 7 nitrogen and oxygen atoms in total. The first-order chi connectivity index (χ1) is 15.4. The van der Waals surface area contributed by atoms with Crippen molar-refractivity contribution in [2.45, 2.75) is 40.2 Å². The monoisotopic (exact) mass is 446 g/mol. The van der Waals surface area contributed by atoms with Crippen molar-refractivity contribution in [3.05, 3.63) is 62.6 Å². The molecule has 0 radical (unpaired) electrons. The number of hydrogen-bond donors (Lipinski definition) is 1. The molecule has 0 fully saturated rings. The number of aromatic amines is 1. The van der Waals surface area contributed by atoms with Crippen molar-refractivity contribution in [3.8, 4) is 6.07 Å². The van der Waals surface area contributed by atoms with Crippen LogP contribution in [0.15, 0.2) is 35.5 Å². The normalized spacial score (nSPS) is 12.2. The molecule has 0 spiro atoms. The molecular weight excluding hydrogens is 424 g/mol. The molecule has 0 unspecified atom stereocenters. The molecule has 0 aliphatic carbocycles. The highest BCUT2D eigenvalue weighted by Crippen LogP contribution is 2.26. The van der Waals surface area contributed by atoms with Crippen LogP contribution in [0, 0.1) is 31.1 Å². The fraction of sp³-hybridized carbons (Fsp3) is 0.292. The number of aromatic nitrogens is 3. The number of hydrogen-bond acceptors (Lipinski definition) is 6. The van der Waals surface area contributed by atoms with Gasteiger partial charge in [0.25, 0.3) is 5.56 Å². The van der Waals surface area contributed by atoms with E-state index in [4.69, 9.17) is 0 Å². The summed E-state index contributed by atoms with van der Waals surface area (Å²) >= 11 is 1.46. The van der Waals surface area contributed by atoms with Gasteiger partial charge in [0.1, 0.15) is 4.83 Å². The Balaban J connectivity index is 1.57. The topological polar surface area (TPSA) is 109 Å². The fourth-order valence-electron chi connectivity index (χ4n) is 3.95. The smallest absolute Gasteiger partial charge is 0.262 e. The predicted molar refractivity (Wildman–Crippen MR) is 124 cm³/mol. The van der Waals surface area contributed by atoms with Gasteiger partial charge in [0.2, 0.25) is 0 Å². The zero-order valence-electron chi connectivity index (χ0n) is 18.1. The van der Waals surface area contributed by atoms with Crippen LogP contribution in [0.4, 0.5) is 0 Å². The highest BCUT2D eigenvalue weighted by Gasteiger charge is 2.29. The molecule has 1 atom stereocenters. The zero-order valence-corrected chi connectivity index (χ0v) is 18.9. The van der Waals surface area contributed by atoms with Crippen LogP contribution in [-0.2, 0) is 17.8 Å². The second-order valence-electron chi connectivity index (χ2n) is 7.74. The number of ketones is 2. The van der Waals surface area contributed by atoms with Crippen LogP contribution in [0.3, 0.4) is 0 Å². The number of para-hydroxylation sites is 1. The second-order valence-corrected chi connectivity index (χ2v) is 8.95. The number of H-pyrrole nitrogens is 1. The van der Waals surface area contributed by atoms with E-state index in [1.165, 1.54) is 22.2 Å². The van der Waals surface area contributed by atoms with Gasteiger partial charge in [0.05, 0.1) is 17.8 Å². The number of benzene rings is 1. The lowest BCUT2D eigenvalue weighted by Gasteiger charge is -2.09. The third-order valence-electron chi connectivity index (χ3n) is 5.92. The molecule has 8 heteroatoms. The van der Waals surface area contributed by atoms with Gasteiger partial charge in [-0.25, -0.2) is 4.98 Å². The van der Waals surface area contributed by atoms with E-state index in [1.807, 2.05) is 45.0 Å². The molecule has 3 aromatic heterocycles. The van der Waals surface area contributed by atoms with E-state index in [9.17, 15) is 19.6 Å². The fourth-order valence-corrected chi connectivity index (χ4v) is 4.94. The Labute approximate surface area is 188 Å². The molecule has 32 heavy (non-hydrogen) atoms. The summed E-state index contributed by atoms with van der Waals surface area (Å²) in [7, 11) is 0. The summed E-state index contributed by atoms with van der Waals surface area (Å²) in [6, 6.07) is 7.50. The number of nitrogens with one attached hydrogen (secondary N) is 1. The molecule has 4 rings (SSSR count). The number of nitriles is 1. The maximum absolute atomic E-state index is 13.0. The van der Waals surface area contributed by atoms with Crippen molar-refractivity contribution in [3.63, 3.8) is 0 Å². The molecule has 0 aliphatic heterocycles. The van der Waals surface area contributed by atoms with Gasteiger partial charge >= 0.3 is 0 Å². The van der Waals surface area contributed by atoms with Crippen molar-refractivity contribution in [1.82, 2.24) is 14.5 Å². The molecule has 0 bridgehead atoms. The molecule has 0 saturated carbocycles. The first-order valence-corrected chi connectivity index (χ1v) is 11.2. The largest absolute Gasteiger partial charge is 0.360 e. The SMILES string of the molecule is CCc1cccc2c(C(=O)[C@@H](C#N)C(=O)CCn3cnc4sc(C)c(C)c4c3=O)c[nH]c12. The summed E-state index contributed by atoms with van der Waals surface area (Å²) in [4.78, 5) is 47.8. The highest BCUT2D eigenvalue weighted by atomic mass is 32.1. The van der Waals surface area contributed by atoms with Crippen molar-refractivity contribution >= 4 is 44.0 Å². The van der Waals surface area contributed by atoms with Crippen LogP contribution < -0.4 is 5.56 Å². The van der Waals surface area contributed by atoms with Crippen molar-refractivity contribution in [2.75, 3.05) is 0 Å². The van der Waals surface area contributed by atoms with E-state index in [-0.39, 0.29) is 18.5 Å².